The van der Waals surface area contributed by atoms with E-state index in [-0.39, 0.29) is 22.8 Å². The van der Waals surface area contributed by atoms with E-state index in [4.69, 9.17) is 4.74 Å². The third-order valence-corrected chi connectivity index (χ3v) is 6.39. The molecule has 150 valence electrons. The van der Waals surface area contributed by atoms with Gasteiger partial charge in [0.1, 0.15) is 11.9 Å². The van der Waals surface area contributed by atoms with E-state index in [1.165, 1.54) is 19.1 Å². The van der Waals surface area contributed by atoms with Crippen molar-refractivity contribution < 1.29 is 17.9 Å². The molecule has 2 unspecified atom stereocenters. The predicted octanol–water partition coefficient (Wildman–Crippen LogP) is 4.13. The summed E-state index contributed by atoms with van der Waals surface area (Å²) in [5.74, 6) is 0.583. The van der Waals surface area contributed by atoms with Gasteiger partial charge in [0.25, 0.3) is 10.0 Å². The molecule has 0 aromatic heterocycles. The number of nitrogens with one attached hydrogen (secondary N) is 1. The van der Waals surface area contributed by atoms with E-state index in [2.05, 4.69) is 18.6 Å². The lowest BCUT2D eigenvalue weighted by Crippen LogP contribution is -2.41. The quantitative estimate of drug-likeness (QED) is 0.816. The molecule has 0 fully saturated rings. The molecule has 1 heterocycles. The Morgan fingerprint density at radius 2 is 2.00 bits per heavy atom. The van der Waals surface area contributed by atoms with Gasteiger partial charge in [-0.1, -0.05) is 32.0 Å². The van der Waals surface area contributed by atoms with E-state index in [1.54, 1.807) is 17.0 Å². The fourth-order valence-electron chi connectivity index (χ4n) is 3.33. The Morgan fingerprint density at radius 3 is 2.68 bits per heavy atom. The van der Waals surface area contributed by atoms with Gasteiger partial charge in [-0.15, -0.1) is 0 Å². The number of hydrogen-bond donors (Lipinski definition) is 1. The van der Waals surface area contributed by atoms with Gasteiger partial charge in [0.05, 0.1) is 22.8 Å². The van der Waals surface area contributed by atoms with Gasteiger partial charge in [0.15, 0.2) is 0 Å². The molecule has 28 heavy (non-hydrogen) atoms. The molecule has 2 aromatic rings. The number of benzene rings is 2. The zero-order valence-electron chi connectivity index (χ0n) is 16.6. The van der Waals surface area contributed by atoms with E-state index >= 15 is 0 Å². The molecule has 0 aliphatic carbocycles. The lowest BCUT2D eigenvalue weighted by atomic mass is 9.97. The van der Waals surface area contributed by atoms with Crippen LogP contribution in [0.3, 0.4) is 0 Å². The number of carbonyl (C=O) groups excluding carboxylic acids is 1. The molecule has 0 bridgehead atoms. The van der Waals surface area contributed by atoms with Gasteiger partial charge in [-0.2, -0.15) is 0 Å². The molecule has 1 N–H and O–H groups in total. The first kappa shape index (κ1) is 20.2. The summed E-state index contributed by atoms with van der Waals surface area (Å²) >= 11 is 0. The fourth-order valence-corrected chi connectivity index (χ4v) is 4.43. The van der Waals surface area contributed by atoms with Crippen LogP contribution < -0.4 is 14.4 Å². The molecule has 7 heteroatoms. The summed E-state index contributed by atoms with van der Waals surface area (Å²) in [4.78, 5) is 13.7. The molecule has 0 saturated heterocycles. The van der Waals surface area contributed by atoms with Crippen LogP contribution in [-0.4, -0.2) is 27.0 Å². The lowest BCUT2D eigenvalue weighted by Gasteiger charge is -2.33. The number of fused-ring (bicyclic) bond motifs is 1. The molecular formula is C21H26N2O4S. The largest absolute Gasteiger partial charge is 0.487 e. The highest BCUT2D eigenvalue weighted by atomic mass is 32.2. The molecule has 1 amide bonds. The van der Waals surface area contributed by atoms with E-state index in [9.17, 15) is 13.2 Å². The second kappa shape index (κ2) is 7.83. The number of sulfonamides is 1. The number of carbonyl (C=O) groups is 1. The van der Waals surface area contributed by atoms with Gasteiger partial charge < -0.3 is 9.64 Å². The van der Waals surface area contributed by atoms with Gasteiger partial charge >= 0.3 is 0 Å². The van der Waals surface area contributed by atoms with E-state index in [1.807, 2.05) is 25.1 Å². The van der Waals surface area contributed by atoms with Crippen LogP contribution in [0.1, 0.15) is 45.6 Å². The molecule has 0 spiro atoms. The van der Waals surface area contributed by atoms with Crippen LogP contribution in [0.5, 0.6) is 5.75 Å². The average Bonchev–Trinajstić information content (AvgIpc) is 2.66. The average molecular weight is 403 g/mol. The molecule has 2 aromatic carbocycles. The maximum Gasteiger partial charge on any atom is 0.261 e. The lowest BCUT2D eigenvalue weighted by molar-refractivity contribution is -0.117. The van der Waals surface area contributed by atoms with Gasteiger partial charge in [-0.05, 0) is 49.1 Å². The Bertz CT molecular complexity index is 988. The maximum atomic E-state index is 13.0. The number of rotatable bonds is 5. The SMILES string of the molecule is CCC(C)c1ccccc1NS(=O)(=O)c1ccc2c(c1)N(C(C)=O)CC(C)O2. The van der Waals surface area contributed by atoms with Crippen LogP contribution in [0, 0.1) is 0 Å². The highest BCUT2D eigenvalue weighted by Gasteiger charge is 2.28. The van der Waals surface area contributed by atoms with Gasteiger partial charge in [0.2, 0.25) is 5.91 Å². The minimum Gasteiger partial charge on any atom is -0.487 e. The van der Waals surface area contributed by atoms with Crippen LogP contribution in [-0.2, 0) is 14.8 Å². The molecule has 0 radical (unpaired) electrons. The Labute approximate surface area is 166 Å². The van der Waals surface area contributed by atoms with Crippen LogP contribution in [0.15, 0.2) is 47.4 Å². The van der Waals surface area contributed by atoms with Crippen LogP contribution in [0.25, 0.3) is 0 Å². The van der Waals surface area contributed by atoms with E-state index < -0.39 is 10.0 Å². The van der Waals surface area contributed by atoms with Crippen molar-refractivity contribution in [3.05, 3.63) is 48.0 Å². The summed E-state index contributed by atoms with van der Waals surface area (Å²) in [6.45, 7) is 7.85. The van der Waals surface area contributed by atoms with Crippen LogP contribution in [0.4, 0.5) is 11.4 Å². The van der Waals surface area contributed by atoms with Gasteiger partial charge in [0, 0.05) is 6.92 Å². The first-order valence-corrected chi connectivity index (χ1v) is 10.9. The predicted molar refractivity (Wildman–Crippen MR) is 111 cm³/mol. The minimum absolute atomic E-state index is 0.0922. The van der Waals surface area contributed by atoms with Crippen molar-refractivity contribution >= 4 is 27.3 Å². The second-order valence-corrected chi connectivity index (χ2v) is 8.87. The van der Waals surface area contributed by atoms with Gasteiger partial charge in [-0.25, -0.2) is 8.42 Å². The zero-order valence-corrected chi connectivity index (χ0v) is 17.4. The number of anilines is 2. The molecule has 1 aliphatic rings. The van der Waals surface area contributed by atoms with Crippen molar-refractivity contribution in [2.24, 2.45) is 0 Å². The summed E-state index contributed by atoms with van der Waals surface area (Å²) < 4.78 is 34.5. The minimum atomic E-state index is -3.82. The Balaban J connectivity index is 1.98. The third-order valence-electron chi connectivity index (χ3n) is 5.03. The zero-order chi connectivity index (χ0) is 20.5. The topological polar surface area (TPSA) is 75.7 Å². The Hall–Kier alpha value is -2.54. The van der Waals surface area contributed by atoms with E-state index in [0.717, 1.165) is 12.0 Å². The first-order valence-electron chi connectivity index (χ1n) is 9.43. The number of ether oxygens (including phenoxy) is 1. The number of nitrogens with zero attached hydrogens (tertiary/aromatic N) is 1. The van der Waals surface area contributed by atoms with Crippen molar-refractivity contribution in [1.82, 2.24) is 0 Å². The maximum absolute atomic E-state index is 13.0. The molecule has 6 nitrogen and oxygen atoms in total. The number of para-hydroxylation sites is 1. The first-order chi connectivity index (χ1) is 13.2. The fraction of sp³-hybridized carbons (Fsp3) is 0.381. The van der Waals surface area contributed by atoms with Gasteiger partial charge in [-0.3, -0.25) is 9.52 Å². The monoisotopic (exact) mass is 402 g/mol. The Kier molecular flexibility index (Phi) is 5.65. The molecular weight excluding hydrogens is 376 g/mol. The summed E-state index contributed by atoms with van der Waals surface area (Å²) in [5.41, 5.74) is 2.00. The highest BCUT2D eigenvalue weighted by Crippen LogP contribution is 2.36. The van der Waals surface area contributed by atoms with Crippen molar-refractivity contribution in [3.8, 4) is 5.75 Å². The summed E-state index contributed by atoms with van der Waals surface area (Å²) in [6, 6.07) is 12.0. The van der Waals surface area contributed by atoms with E-state index in [0.29, 0.717) is 23.7 Å². The standard InChI is InChI=1S/C21H26N2O4S/c1-5-14(2)18-8-6-7-9-19(18)22-28(25,26)17-10-11-21-20(12-17)23(16(4)24)13-15(3)27-21/h6-12,14-15,22H,5,13H2,1-4H3. The summed E-state index contributed by atoms with van der Waals surface area (Å²) in [7, 11) is -3.82. The van der Waals surface area contributed by atoms with Crippen molar-refractivity contribution in [3.63, 3.8) is 0 Å². The number of amides is 1. The summed E-state index contributed by atoms with van der Waals surface area (Å²) in [6.07, 6.45) is 0.750. The van der Waals surface area contributed by atoms with Crippen LogP contribution in [0.2, 0.25) is 0 Å². The molecule has 3 rings (SSSR count). The van der Waals surface area contributed by atoms with Crippen molar-refractivity contribution in [1.29, 1.82) is 0 Å². The smallest absolute Gasteiger partial charge is 0.261 e. The molecule has 1 aliphatic heterocycles. The van der Waals surface area contributed by atoms with Crippen molar-refractivity contribution in [2.75, 3.05) is 16.2 Å². The number of hydrogen-bond acceptors (Lipinski definition) is 4. The van der Waals surface area contributed by atoms with Crippen molar-refractivity contribution in [2.45, 2.75) is 51.0 Å². The molecule has 0 saturated carbocycles. The Morgan fingerprint density at radius 1 is 1.29 bits per heavy atom. The summed E-state index contributed by atoms with van der Waals surface area (Å²) in [5, 5.41) is 0. The normalized spacial score (nSPS) is 17.4. The molecule has 2 atom stereocenters. The third kappa shape index (κ3) is 3.99. The van der Waals surface area contributed by atoms with Crippen LogP contribution >= 0.6 is 0 Å². The highest BCUT2D eigenvalue weighted by molar-refractivity contribution is 7.92. The second-order valence-electron chi connectivity index (χ2n) is 7.19.